The largest absolute Gasteiger partial charge is 0.396 e. The summed E-state index contributed by atoms with van der Waals surface area (Å²) >= 11 is 1.58. The van der Waals surface area contributed by atoms with E-state index in [1.165, 1.54) is 0 Å². The van der Waals surface area contributed by atoms with Crippen LogP contribution in [0.2, 0.25) is 0 Å². The van der Waals surface area contributed by atoms with E-state index in [2.05, 4.69) is 11.8 Å². The zero-order chi connectivity index (χ0) is 13.1. The number of hydrogen-bond donors (Lipinski definition) is 2. The van der Waals surface area contributed by atoms with Gasteiger partial charge in [-0.05, 0) is 31.7 Å². The second kappa shape index (κ2) is 5.82. The average molecular weight is 268 g/mol. The number of rotatable bonds is 4. The summed E-state index contributed by atoms with van der Waals surface area (Å²) in [4.78, 5) is 14.6. The van der Waals surface area contributed by atoms with Crippen LogP contribution in [-0.4, -0.2) is 35.1 Å². The molecule has 0 spiro atoms. The normalized spacial score (nSPS) is 25.2. The maximum Gasteiger partial charge on any atom is 0.249 e. The quantitative estimate of drug-likeness (QED) is 0.868. The Bertz CT molecular complexity index is 419. The molecule has 1 fully saturated rings. The number of carbonyl (C=O) groups excluding carboxylic acids is 1. The minimum absolute atomic E-state index is 0.264. The van der Waals surface area contributed by atoms with Crippen molar-refractivity contribution in [2.75, 3.05) is 13.2 Å². The van der Waals surface area contributed by atoms with Crippen LogP contribution in [0.3, 0.4) is 0 Å². The molecule has 2 heterocycles. The Morgan fingerprint density at radius 2 is 2.39 bits per heavy atom. The second-order valence-corrected chi connectivity index (χ2v) is 6.07. The zero-order valence-electron chi connectivity index (χ0n) is 10.6. The summed E-state index contributed by atoms with van der Waals surface area (Å²) in [6.45, 7) is 4.26. The molecular weight excluding hydrogens is 248 g/mol. The van der Waals surface area contributed by atoms with Crippen LogP contribution in [0.4, 0.5) is 0 Å². The van der Waals surface area contributed by atoms with Crippen LogP contribution in [0.25, 0.3) is 0 Å². The van der Waals surface area contributed by atoms with Gasteiger partial charge in [-0.15, -0.1) is 11.3 Å². The highest BCUT2D eigenvalue weighted by Crippen LogP contribution is 2.25. The lowest BCUT2D eigenvalue weighted by atomic mass is 9.94. The molecule has 18 heavy (non-hydrogen) atoms. The van der Waals surface area contributed by atoms with E-state index in [-0.39, 0.29) is 12.5 Å². The molecule has 0 aromatic carbocycles. The molecular formula is C13H20N2O2S. The smallest absolute Gasteiger partial charge is 0.249 e. The molecule has 2 unspecified atom stereocenters. The van der Waals surface area contributed by atoms with Gasteiger partial charge < -0.3 is 10.8 Å². The molecule has 2 rings (SSSR count). The number of piperidine rings is 1. The standard InChI is InChI=1S/C13H20N2O2S/c1-9-2-3-10(7-16)5-15(9)6-12-4-11(8-18-12)13(14)17/h4,8-10,16H,2-3,5-7H2,1H3,(H2,14,17). The molecule has 2 atom stereocenters. The molecule has 100 valence electrons. The number of carbonyl (C=O) groups is 1. The van der Waals surface area contributed by atoms with Gasteiger partial charge in [0, 0.05) is 36.0 Å². The molecule has 0 radical (unpaired) electrons. The number of amides is 1. The number of nitrogens with two attached hydrogens (primary N) is 1. The molecule has 1 aliphatic heterocycles. The average Bonchev–Trinajstić information content (AvgIpc) is 2.81. The van der Waals surface area contributed by atoms with Crippen molar-refractivity contribution in [3.8, 4) is 0 Å². The minimum Gasteiger partial charge on any atom is -0.396 e. The van der Waals surface area contributed by atoms with Crippen molar-refractivity contribution in [2.45, 2.75) is 32.4 Å². The van der Waals surface area contributed by atoms with Gasteiger partial charge >= 0.3 is 0 Å². The van der Waals surface area contributed by atoms with E-state index in [4.69, 9.17) is 5.73 Å². The van der Waals surface area contributed by atoms with E-state index >= 15 is 0 Å². The van der Waals surface area contributed by atoms with E-state index in [1.807, 2.05) is 11.4 Å². The summed E-state index contributed by atoms with van der Waals surface area (Å²) in [7, 11) is 0. The van der Waals surface area contributed by atoms with Crippen LogP contribution < -0.4 is 5.73 Å². The SMILES string of the molecule is CC1CCC(CO)CN1Cc1cc(C(N)=O)cs1. The van der Waals surface area contributed by atoms with Crippen molar-refractivity contribution in [3.63, 3.8) is 0 Å². The van der Waals surface area contributed by atoms with Crippen LogP contribution in [0.15, 0.2) is 11.4 Å². The number of likely N-dealkylation sites (tertiary alicyclic amines) is 1. The van der Waals surface area contributed by atoms with Crippen LogP contribution in [0, 0.1) is 5.92 Å². The highest BCUT2D eigenvalue weighted by Gasteiger charge is 2.25. The molecule has 1 saturated heterocycles. The van der Waals surface area contributed by atoms with Gasteiger partial charge in [0.1, 0.15) is 0 Å². The molecule has 1 amide bonds. The number of aliphatic hydroxyl groups excluding tert-OH is 1. The molecule has 3 N–H and O–H groups in total. The number of hydrogen-bond acceptors (Lipinski definition) is 4. The molecule has 0 aliphatic carbocycles. The lowest BCUT2D eigenvalue weighted by Gasteiger charge is -2.37. The van der Waals surface area contributed by atoms with Gasteiger partial charge in [0.25, 0.3) is 0 Å². The van der Waals surface area contributed by atoms with Crippen molar-refractivity contribution in [1.29, 1.82) is 0 Å². The van der Waals surface area contributed by atoms with Gasteiger partial charge in [-0.1, -0.05) is 0 Å². The predicted octanol–water partition coefficient (Wildman–Crippen LogP) is 1.44. The summed E-state index contributed by atoms with van der Waals surface area (Å²) in [6.07, 6.45) is 2.23. The Kier molecular flexibility index (Phi) is 4.37. The molecule has 0 saturated carbocycles. The maximum atomic E-state index is 11.1. The van der Waals surface area contributed by atoms with E-state index in [1.54, 1.807) is 11.3 Å². The predicted molar refractivity (Wildman–Crippen MR) is 72.5 cm³/mol. The molecule has 1 aromatic rings. The lowest BCUT2D eigenvalue weighted by molar-refractivity contribution is 0.0779. The van der Waals surface area contributed by atoms with Gasteiger partial charge in [-0.25, -0.2) is 0 Å². The Morgan fingerprint density at radius 1 is 1.61 bits per heavy atom. The number of primary amides is 1. The molecule has 0 bridgehead atoms. The van der Waals surface area contributed by atoms with Crippen LogP contribution in [0.5, 0.6) is 0 Å². The topological polar surface area (TPSA) is 66.6 Å². The fourth-order valence-corrected chi connectivity index (χ4v) is 3.32. The first-order valence-corrected chi connectivity index (χ1v) is 7.20. The fraction of sp³-hybridized carbons (Fsp3) is 0.615. The van der Waals surface area contributed by atoms with E-state index in [9.17, 15) is 9.90 Å². The van der Waals surface area contributed by atoms with Crippen molar-refractivity contribution in [2.24, 2.45) is 11.7 Å². The number of nitrogens with zero attached hydrogens (tertiary/aromatic N) is 1. The summed E-state index contributed by atoms with van der Waals surface area (Å²) < 4.78 is 0. The van der Waals surface area contributed by atoms with Gasteiger partial charge in [0.05, 0.1) is 5.56 Å². The van der Waals surface area contributed by atoms with Gasteiger partial charge in [0.15, 0.2) is 0 Å². The summed E-state index contributed by atoms with van der Waals surface area (Å²) in [6, 6.07) is 2.41. The van der Waals surface area contributed by atoms with E-state index in [0.29, 0.717) is 17.5 Å². The highest BCUT2D eigenvalue weighted by atomic mass is 32.1. The first-order valence-electron chi connectivity index (χ1n) is 6.32. The van der Waals surface area contributed by atoms with Crippen LogP contribution in [-0.2, 0) is 6.54 Å². The maximum absolute atomic E-state index is 11.1. The Labute approximate surface area is 111 Å². The van der Waals surface area contributed by atoms with Gasteiger partial charge in [-0.3, -0.25) is 9.69 Å². The highest BCUT2D eigenvalue weighted by molar-refractivity contribution is 7.10. The summed E-state index contributed by atoms with van der Waals surface area (Å²) in [5, 5.41) is 11.1. The molecule has 1 aromatic heterocycles. The number of thiophene rings is 1. The lowest BCUT2D eigenvalue weighted by Crippen LogP contribution is -2.42. The number of aliphatic hydroxyl groups is 1. The third-order valence-corrected chi connectivity index (χ3v) is 4.59. The Balaban J connectivity index is 2.00. The first-order chi connectivity index (χ1) is 8.60. The third-order valence-electron chi connectivity index (χ3n) is 3.66. The Hall–Kier alpha value is -0.910. The monoisotopic (exact) mass is 268 g/mol. The zero-order valence-corrected chi connectivity index (χ0v) is 11.4. The van der Waals surface area contributed by atoms with Crippen molar-refractivity contribution in [3.05, 3.63) is 21.9 Å². The van der Waals surface area contributed by atoms with Gasteiger partial charge in [0.2, 0.25) is 5.91 Å². The summed E-state index contributed by atoms with van der Waals surface area (Å²) in [5.74, 6) is 0.0224. The summed E-state index contributed by atoms with van der Waals surface area (Å²) in [5.41, 5.74) is 5.85. The van der Waals surface area contributed by atoms with Crippen molar-refractivity contribution in [1.82, 2.24) is 4.90 Å². The van der Waals surface area contributed by atoms with Crippen molar-refractivity contribution < 1.29 is 9.90 Å². The fourth-order valence-electron chi connectivity index (χ4n) is 2.42. The molecule has 4 nitrogen and oxygen atoms in total. The third kappa shape index (κ3) is 3.10. The molecule has 5 heteroatoms. The molecule has 1 aliphatic rings. The van der Waals surface area contributed by atoms with Gasteiger partial charge in [-0.2, -0.15) is 0 Å². The van der Waals surface area contributed by atoms with Crippen molar-refractivity contribution >= 4 is 17.2 Å². The Morgan fingerprint density at radius 3 is 3.00 bits per heavy atom. The van der Waals surface area contributed by atoms with Crippen LogP contribution >= 0.6 is 11.3 Å². The van der Waals surface area contributed by atoms with Crippen LogP contribution in [0.1, 0.15) is 35.0 Å². The second-order valence-electron chi connectivity index (χ2n) is 5.07. The van der Waals surface area contributed by atoms with E-state index < -0.39 is 0 Å². The first kappa shape index (κ1) is 13.5. The van der Waals surface area contributed by atoms with E-state index in [0.717, 1.165) is 30.8 Å². The minimum atomic E-state index is -0.363.